The van der Waals surface area contributed by atoms with Crippen LogP contribution in [0.1, 0.15) is 18.5 Å². The van der Waals surface area contributed by atoms with Gasteiger partial charge in [-0.15, -0.1) is 5.10 Å². The van der Waals surface area contributed by atoms with E-state index in [-0.39, 0.29) is 24.2 Å². The quantitative estimate of drug-likeness (QED) is 0.759. The number of ether oxygens (including phenoxy) is 2. The summed E-state index contributed by atoms with van der Waals surface area (Å²) in [6.45, 7) is 2.77. The maximum atomic E-state index is 12.3. The van der Waals surface area contributed by atoms with Gasteiger partial charge < -0.3 is 14.8 Å². The van der Waals surface area contributed by atoms with Gasteiger partial charge in [-0.25, -0.2) is 9.48 Å². The Morgan fingerprint density at radius 3 is 2.85 bits per heavy atom. The molecular formula is C18H18N4O4. The molecule has 3 aromatic rings. The zero-order valence-corrected chi connectivity index (χ0v) is 14.2. The SMILES string of the molecule is CC(NC(=O)Cn1nc2ccccn2c1=O)c1ccc2c(c1)OCCO2. The normalized spacial score (nSPS) is 14.2. The smallest absolute Gasteiger partial charge is 0.350 e. The van der Waals surface area contributed by atoms with E-state index >= 15 is 0 Å². The van der Waals surface area contributed by atoms with E-state index in [0.29, 0.717) is 30.4 Å². The molecule has 8 heteroatoms. The first-order valence-electron chi connectivity index (χ1n) is 8.35. The van der Waals surface area contributed by atoms with Crippen LogP contribution in [0.25, 0.3) is 5.65 Å². The molecule has 0 fully saturated rings. The van der Waals surface area contributed by atoms with E-state index in [1.54, 1.807) is 24.4 Å². The minimum atomic E-state index is -0.345. The molecule has 1 unspecified atom stereocenters. The van der Waals surface area contributed by atoms with Gasteiger partial charge in [0, 0.05) is 6.20 Å². The minimum Gasteiger partial charge on any atom is -0.486 e. The molecule has 8 nitrogen and oxygen atoms in total. The van der Waals surface area contributed by atoms with Crippen LogP contribution in [0.15, 0.2) is 47.4 Å². The molecule has 1 atom stereocenters. The molecule has 3 heterocycles. The van der Waals surface area contributed by atoms with Gasteiger partial charge in [0.25, 0.3) is 0 Å². The van der Waals surface area contributed by atoms with Gasteiger partial charge in [0.05, 0.1) is 6.04 Å². The molecule has 1 aliphatic heterocycles. The fourth-order valence-corrected chi connectivity index (χ4v) is 2.91. The summed E-state index contributed by atoms with van der Waals surface area (Å²) < 4.78 is 13.6. The van der Waals surface area contributed by atoms with Gasteiger partial charge in [-0.3, -0.25) is 9.20 Å². The molecule has 4 rings (SSSR count). The number of pyridine rings is 1. The summed E-state index contributed by atoms with van der Waals surface area (Å²) in [5, 5.41) is 7.04. The van der Waals surface area contributed by atoms with Crippen molar-refractivity contribution < 1.29 is 14.3 Å². The Labute approximate surface area is 149 Å². The van der Waals surface area contributed by atoms with Crippen molar-refractivity contribution in [1.82, 2.24) is 19.5 Å². The summed E-state index contributed by atoms with van der Waals surface area (Å²) in [6.07, 6.45) is 1.62. The Morgan fingerprint density at radius 1 is 1.23 bits per heavy atom. The molecule has 1 amide bonds. The molecule has 0 spiro atoms. The van der Waals surface area contributed by atoms with Crippen molar-refractivity contribution in [3.05, 3.63) is 58.6 Å². The van der Waals surface area contributed by atoms with E-state index in [4.69, 9.17) is 9.47 Å². The number of nitrogens with one attached hydrogen (secondary N) is 1. The van der Waals surface area contributed by atoms with Crippen LogP contribution in [0.5, 0.6) is 11.5 Å². The summed E-state index contributed by atoms with van der Waals surface area (Å²) in [7, 11) is 0. The van der Waals surface area contributed by atoms with Crippen molar-refractivity contribution in [3.63, 3.8) is 0 Å². The lowest BCUT2D eigenvalue weighted by Gasteiger charge is -2.21. The highest BCUT2D eigenvalue weighted by Crippen LogP contribution is 2.32. The van der Waals surface area contributed by atoms with E-state index in [1.807, 2.05) is 25.1 Å². The number of hydrogen-bond acceptors (Lipinski definition) is 5. The first-order valence-corrected chi connectivity index (χ1v) is 8.35. The highest BCUT2D eigenvalue weighted by molar-refractivity contribution is 5.76. The van der Waals surface area contributed by atoms with E-state index in [1.165, 1.54) is 4.40 Å². The number of nitrogens with zero attached hydrogens (tertiary/aromatic N) is 3. The van der Waals surface area contributed by atoms with Crippen molar-refractivity contribution in [2.24, 2.45) is 0 Å². The first kappa shape index (κ1) is 16.2. The molecule has 1 aromatic carbocycles. The Kier molecular flexibility index (Phi) is 4.08. The monoisotopic (exact) mass is 354 g/mol. The van der Waals surface area contributed by atoms with Crippen molar-refractivity contribution in [2.75, 3.05) is 13.2 Å². The second-order valence-corrected chi connectivity index (χ2v) is 6.06. The van der Waals surface area contributed by atoms with Crippen LogP contribution in [0.4, 0.5) is 0 Å². The lowest BCUT2D eigenvalue weighted by Crippen LogP contribution is -2.34. The summed E-state index contributed by atoms with van der Waals surface area (Å²) in [4.78, 5) is 24.6. The molecule has 0 bridgehead atoms. The van der Waals surface area contributed by atoms with Gasteiger partial charge in [0.1, 0.15) is 19.8 Å². The third kappa shape index (κ3) is 3.01. The zero-order valence-electron chi connectivity index (χ0n) is 14.2. The van der Waals surface area contributed by atoms with E-state index in [0.717, 1.165) is 10.2 Å². The van der Waals surface area contributed by atoms with Gasteiger partial charge in [-0.1, -0.05) is 12.1 Å². The Morgan fingerprint density at radius 2 is 2.04 bits per heavy atom. The van der Waals surface area contributed by atoms with Gasteiger partial charge in [-0.2, -0.15) is 0 Å². The molecule has 2 aromatic heterocycles. The van der Waals surface area contributed by atoms with Crippen LogP contribution in [0.2, 0.25) is 0 Å². The molecule has 26 heavy (non-hydrogen) atoms. The van der Waals surface area contributed by atoms with Crippen LogP contribution in [-0.2, 0) is 11.3 Å². The van der Waals surface area contributed by atoms with E-state index in [9.17, 15) is 9.59 Å². The molecule has 134 valence electrons. The predicted octanol–water partition coefficient (Wildman–Crippen LogP) is 1.14. The van der Waals surface area contributed by atoms with Crippen LogP contribution >= 0.6 is 0 Å². The van der Waals surface area contributed by atoms with Crippen molar-refractivity contribution in [3.8, 4) is 11.5 Å². The molecule has 0 saturated carbocycles. The third-order valence-corrected chi connectivity index (χ3v) is 4.23. The average molecular weight is 354 g/mol. The number of fused-ring (bicyclic) bond motifs is 2. The second kappa shape index (κ2) is 6.55. The minimum absolute atomic E-state index is 0.143. The van der Waals surface area contributed by atoms with E-state index < -0.39 is 0 Å². The summed E-state index contributed by atoms with van der Waals surface area (Å²) in [6, 6.07) is 10.6. The number of aromatic nitrogens is 3. The van der Waals surface area contributed by atoms with Crippen molar-refractivity contribution >= 4 is 11.6 Å². The number of hydrogen-bond donors (Lipinski definition) is 1. The largest absolute Gasteiger partial charge is 0.486 e. The van der Waals surface area contributed by atoms with Gasteiger partial charge >= 0.3 is 5.69 Å². The van der Waals surface area contributed by atoms with Gasteiger partial charge in [0.2, 0.25) is 5.91 Å². The second-order valence-electron chi connectivity index (χ2n) is 6.06. The average Bonchev–Trinajstić information content (AvgIpc) is 2.97. The fraction of sp³-hybridized carbons (Fsp3) is 0.278. The van der Waals surface area contributed by atoms with Crippen LogP contribution in [-0.4, -0.2) is 33.3 Å². The molecule has 1 N–H and O–H groups in total. The third-order valence-electron chi connectivity index (χ3n) is 4.23. The Balaban J connectivity index is 1.47. The summed E-state index contributed by atoms with van der Waals surface area (Å²) >= 11 is 0. The predicted molar refractivity (Wildman–Crippen MR) is 93.4 cm³/mol. The van der Waals surface area contributed by atoms with Crippen molar-refractivity contribution in [2.45, 2.75) is 19.5 Å². The fourth-order valence-electron chi connectivity index (χ4n) is 2.91. The maximum absolute atomic E-state index is 12.3. The standard InChI is InChI=1S/C18H18N4O4/c1-12(13-5-6-14-15(10-13)26-9-8-25-14)19-17(23)11-22-18(24)21-7-3-2-4-16(21)20-22/h2-7,10,12H,8-9,11H2,1H3,(H,19,23). The molecule has 0 saturated heterocycles. The van der Waals surface area contributed by atoms with Crippen LogP contribution in [0, 0.1) is 0 Å². The van der Waals surface area contributed by atoms with Crippen LogP contribution in [0.3, 0.4) is 0 Å². The Bertz CT molecular complexity index is 1020. The molecule has 0 aliphatic carbocycles. The number of rotatable bonds is 4. The number of carbonyl (C=O) groups excluding carboxylic acids is 1. The molecule has 0 radical (unpaired) electrons. The lowest BCUT2D eigenvalue weighted by molar-refractivity contribution is -0.122. The highest BCUT2D eigenvalue weighted by Gasteiger charge is 2.17. The number of amides is 1. The number of carbonyl (C=O) groups is 1. The van der Waals surface area contributed by atoms with Gasteiger partial charge in [0.15, 0.2) is 17.1 Å². The zero-order chi connectivity index (χ0) is 18.1. The topological polar surface area (TPSA) is 86.9 Å². The molecular weight excluding hydrogens is 336 g/mol. The highest BCUT2D eigenvalue weighted by atomic mass is 16.6. The van der Waals surface area contributed by atoms with Crippen LogP contribution < -0.4 is 20.5 Å². The number of benzene rings is 1. The Hall–Kier alpha value is -3.29. The lowest BCUT2D eigenvalue weighted by atomic mass is 10.1. The van der Waals surface area contributed by atoms with Gasteiger partial charge in [-0.05, 0) is 36.8 Å². The van der Waals surface area contributed by atoms with Crippen molar-refractivity contribution in [1.29, 1.82) is 0 Å². The molecule has 1 aliphatic rings. The maximum Gasteiger partial charge on any atom is 0.350 e. The summed E-state index contributed by atoms with van der Waals surface area (Å²) in [5.41, 5.74) is 1.05. The first-order chi connectivity index (χ1) is 12.6. The van der Waals surface area contributed by atoms with E-state index in [2.05, 4.69) is 10.4 Å². The summed E-state index contributed by atoms with van der Waals surface area (Å²) in [5.74, 6) is 1.08.